The molecule has 2 aromatic heterocycles. The summed E-state index contributed by atoms with van der Waals surface area (Å²) in [5.74, 6) is 0.436. The van der Waals surface area contributed by atoms with Crippen molar-refractivity contribution in [3.8, 4) is 6.07 Å². The van der Waals surface area contributed by atoms with E-state index in [-0.39, 0.29) is 11.7 Å². The highest BCUT2D eigenvalue weighted by atomic mass is 32.2. The monoisotopic (exact) mass is 322 g/mol. The standard InChI is InChI=1S/C12H14N6OS2/c1-8(2)6-18-12(15-16-17-18)21-7-10(19)14-11-9(5-13)3-4-20-11/h3-4,8H,6-7H2,1-2H3,(H,14,19). The Bertz CT molecular complexity index is 657. The second kappa shape index (κ2) is 7.19. The summed E-state index contributed by atoms with van der Waals surface area (Å²) in [7, 11) is 0. The molecule has 0 saturated heterocycles. The van der Waals surface area contributed by atoms with Crippen LogP contribution in [0.3, 0.4) is 0 Å². The SMILES string of the molecule is CC(C)Cn1nnnc1SCC(=O)Nc1sccc1C#N. The molecule has 0 radical (unpaired) electrons. The second-order valence-corrected chi connectivity index (χ2v) is 6.51. The average Bonchev–Trinajstić information content (AvgIpc) is 3.05. The largest absolute Gasteiger partial charge is 0.316 e. The number of carbonyl (C=O) groups is 1. The lowest BCUT2D eigenvalue weighted by Gasteiger charge is -2.06. The fraction of sp³-hybridized carbons (Fsp3) is 0.417. The number of nitrogens with zero attached hydrogens (tertiary/aromatic N) is 5. The van der Waals surface area contributed by atoms with Crippen molar-refractivity contribution in [2.45, 2.75) is 25.5 Å². The number of anilines is 1. The van der Waals surface area contributed by atoms with Crippen molar-refractivity contribution >= 4 is 34.0 Å². The van der Waals surface area contributed by atoms with E-state index in [0.717, 1.165) is 0 Å². The Hall–Kier alpha value is -1.92. The zero-order valence-corrected chi connectivity index (χ0v) is 13.2. The van der Waals surface area contributed by atoms with Gasteiger partial charge in [-0.3, -0.25) is 4.79 Å². The number of aromatic nitrogens is 4. The molecule has 0 atom stereocenters. The third kappa shape index (κ3) is 4.27. The molecule has 0 aliphatic rings. The van der Waals surface area contributed by atoms with E-state index in [9.17, 15) is 4.79 Å². The van der Waals surface area contributed by atoms with Gasteiger partial charge in [-0.25, -0.2) is 4.68 Å². The Morgan fingerprint density at radius 3 is 3.14 bits per heavy atom. The van der Waals surface area contributed by atoms with Crippen molar-refractivity contribution in [3.05, 3.63) is 17.0 Å². The third-order valence-corrected chi connectivity index (χ3v) is 4.20. The normalized spacial score (nSPS) is 10.6. The molecule has 0 unspecified atom stereocenters. The summed E-state index contributed by atoms with van der Waals surface area (Å²) in [6.07, 6.45) is 0. The smallest absolute Gasteiger partial charge is 0.235 e. The molecular formula is C12H14N6OS2. The van der Waals surface area contributed by atoms with Crippen molar-refractivity contribution in [3.63, 3.8) is 0 Å². The molecule has 0 saturated carbocycles. The van der Waals surface area contributed by atoms with Gasteiger partial charge in [0, 0.05) is 6.54 Å². The lowest BCUT2D eigenvalue weighted by Crippen LogP contribution is -2.15. The predicted molar refractivity (Wildman–Crippen MR) is 81.0 cm³/mol. The quantitative estimate of drug-likeness (QED) is 0.817. The first-order valence-corrected chi connectivity index (χ1v) is 8.13. The zero-order valence-electron chi connectivity index (χ0n) is 11.6. The molecule has 9 heteroatoms. The predicted octanol–water partition coefficient (Wildman–Crippen LogP) is 1.99. The van der Waals surface area contributed by atoms with Gasteiger partial charge in [0.05, 0.1) is 11.3 Å². The summed E-state index contributed by atoms with van der Waals surface area (Å²) in [6.45, 7) is 4.85. The number of thiophene rings is 1. The number of nitrogens with one attached hydrogen (secondary N) is 1. The van der Waals surface area contributed by atoms with Crippen molar-refractivity contribution in [1.82, 2.24) is 20.2 Å². The molecule has 0 fully saturated rings. The van der Waals surface area contributed by atoms with Crippen LogP contribution in [0.4, 0.5) is 5.00 Å². The van der Waals surface area contributed by atoms with Crippen molar-refractivity contribution in [2.75, 3.05) is 11.1 Å². The number of thioether (sulfide) groups is 1. The minimum atomic E-state index is -0.182. The summed E-state index contributed by atoms with van der Waals surface area (Å²) in [6, 6.07) is 3.71. The Balaban J connectivity index is 1.90. The molecular weight excluding hydrogens is 308 g/mol. The molecule has 0 aromatic carbocycles. The maximum Gasteiger partial charge on any atom is 0.235 e. The van der Waals surface area contributed by atoms with Crippen molar-refractivity contribution < 1.29 is 4.79 Å². The van der Waals surface area contributed by atoms with E-state index in [2.05, 4.69) is 34.7 Å². The van der Waals surface area contributed by atoms with E-state index in [1.807, 2.05) is 6.07 Å². The van der Waals surface area contributed by atoms with E-state index >= 15 is 0 Å². The van der Waals surface area contributed by atoms with Crippen LogP contribution in [-0.2, 0) is 11.3 Å². The fourth-order valence-electron chi connectivity index (χ4n) is 1.55. The topological polar surface area (TPSA) is 96.5 Å². The number of tetrazole rings is 1. The molecule has 2 rings (SSSR count). The van der Waals surface area contributed by atoms with Crippen LogP contribution in [-0.4, -0.2) is 31.9 Å². The summed E-state index contributed by atoms with van der Waals surface area (Å²) in [5.41, 5.74) is 0.475. The van der Waals surface area contributed by atoms with Crippen molar-refractivity contribution in [2.24, 2.45) is 5.92 Å². The van der Waals surface area contributed by atoms with Crippen molar-refractivity contribution in [1.29, 1.82) is 5.26 Å². The number of hydrogen-bond acceptors (Lipinski definition) is 7. The van der Waals surface area contributed by atoms with Gasteiger partial charge in [-0.15, -0.1) is 16.4 Å². The van der Waals surface area contributed by atoms with Gasteiger partial charge in [0.25, 0.3) is 0 Å². The van der Waals surface area contributed by atoms with Gasteiger partial charge < -0.3 is 5.32 Å². The molecule has 7 nitrogen and oxygen atoms in total. The molecule has 1 N–H and O–H groups in total. The highest BCUT2D eigenvalue weighted by Crippen LogP contribution is 2.23. The second-order valence-electron chi connectivity index (χ2n) is 4.65. The number of carbonyl (C=O) groups excluding carboxylic acids is 1. The first-order chi connectivity index (χ1) is 10.1. The Labute approximate surface area is 130 Å². The van der Waals surface area contributed by atoms with Crippen LogP contribution in [0.1, 0.15) is 19.4 Å². The number of nitriles is 1. The first kappa shape index (κ1) is 15.5. The minimum absolute atomic E-state index is 0.182. The molecule has 1 amide bonds. The Kier molecular flexibility index (Phi) is 5.30. The van der Waals surface area contributed by atoms with Crippen LogP contribution < -0.4 is 5.32 Å². The van der Waals surface area contributed by atoms with Gasteiger partial charge in [0.1, 0.15) is 11.1 Å². The van der Waals surface area contributed by atoms with E-state index < -0.39 is 0 Å². The van der Waals surface area contributed by atoms with Gasteiger partial charge in [0.2, 0.25) is 11.1 Å². The van der Waals surface area contributed by atoms with E-state index in [1.165, 1.54) is 23.1 Å². The summed E-state index contributed by atoms with van der Waals surface area (Å²) in [5, 5.41) is 26.0. The molecule has 21 heavy (non-hydrogen) atoms. The summed E-state index contributed by atoms with van der Waals surface area (Å²) < 4.78 is 1.69. The lowest BCUT2D eigenvalue weighted by molar-refractivity contribution is -0.113. The van der Waals surface area contributed by atoms with Gasteiger partial charge in [-0.2, -0.15) is 5.26 Å². The van der Waals surface area contributed by atoms with Gasteiger partial charge in [0.15, 0.2) is 0 Å². The minimum Gasteiger partial charge on any atom is -0.316 e. The van der Waals surface area contributed by atoms with Crippen LogP contribution in [0.15, 0.2) is 16.6 Å². The highest BCUT2D eigenvalue weighted by molar-refractivity contribution is 7.99. The maximum atomic E-state index is 11.9. The average molecular weight is 322 g/mol. The molecule has 2 heterocycles. The zero-order chi connectivity index (χ0) is 15.2. The lowest BCUT2D eigenvalue weighted by atomic mass is 10.2. The highest BCUT2D eigenvalue weighted by Gasteiger charge is 2.12. The number of hydrogen-bond donors (Lipinski definition) is 1. The van der Waals surface area contributed by atoms with E-state index in [0.29, 0.717) is 28.2 Å². The van der Waals surface area contributed by atoms with Gasteiger partial charge in [-0.1, -0.05) is 25.6 Å². The van der Waals surface area contributed by atoms with Crippen LogP contribution >= 0.6 is 23.1 Å². The van der Waals surface area contributed by atoms with E-state index in [1.54, 1.807) is 16.1 Å². The van der Waals surface area contributed by atoms with Crippen LogP contribution in [0.25, 0.3) is 0 Å². The molecule has 110 valence electrons. The molecule has 0 aliphatic carbocycles. The van der Waals surface area contributed by atoms with Gasteiger partial charge >= 0.3 is 0 Å². The van der Waals surface area contributed by atoms with Gasteiger partial charge in [-0.05, 0) is 27.8 Å². The van der Waals surface area contributed by atoms with E-state index in [4.69, 9.17) is 5.26 Å². The maximum absolute atomic E-state index is 11.9. The third-order valence-electron chi connectivity index (χ3n) is 2.41. The molecule has 0 aliphatic heterocycles. The Morgan fingerprint density at radius 2 is 2.43 bits per heavy atom. The first-order valence-electron chi connectivity index (χ1n) is 6.26. The molecule has 0 bridgehead atoms. The van der Waals surface area contributed by atoms with Crippen LogP contribution in [0, 0.1) is 17.2 Å². The summed E-state index contributed by atoms with van der Waals surface area (Å²) >= 11 is 2.60. The van der Waals surface area contributed by atoms with Crippen LogP contribution in [0.2, 0.25) is 0 Å². The number of rotatable bonds is 6. The summed E-state index contributed by atoms with van der Waals surface area (Å²) in [4.78, 5) is 11.9. The number of amides is 1. The molecule has 2 aromatic rings. The molecule has 0 spiro atoms. The fourth-order valence-corrected chi connectivity index (χ4v) is 2.99. The Morgan fingerprint density at radius 1 is 1.62 bits per heavy atom. The van der Waals surface area contributed by atoms with Crippen LogP contribution in [0.5, 0.6) is 0 Å².